The third kappa shape index (κ3) is 8.68. The number of hydrogen-bond donors (Lipinski definition) is 1. The van der Waals surface area contributed by atoms with Crippen LogP contribution < -0.4 is 9.62 Å². The number of benzene rings is 3. The van der Waals surface area contributed by atoms with Gasteiger partial charge in [-0.05, 0) is 56.0 Å². The molecule has 0 aliphatic carbocycles. The van der Waals surface area contributed by atoms with Crippen molar-refractivity contribution in [3.05, 3.63) is 101 Å². The van der Waals surface area contributed by atoms with Crippen molar-refractivity contribution in [1.29, 1.82) is 0 Å². The van der Waals surface area contributed by atoms with E-state index in [0.29, 0.717) is 12.1 Å². The minimum atomic E-state index is -3.78. The molecule has 3 aromatic rings. The van der Waals surface area contributed by atoms with Gasteiger partial charge in [0.15, 0.2) is 0 Å². The SMILES string of the molecule is CCc1ccc(N(CC(=O)N(Cc2cccc(C)c2)[C@@H](Cc2ccccc2)C(=O)NC(C)C)S(C)(=O)=O)cc1. The van der Waals surface area contributed by atoms with E-state index in [0.717, 1.165) is 39.2 Å². The number of aryl methyl sites for hydroxylation is 2. The van der Waals surface area contributed by atoms with Gasteiger partial charge in [0.2, 0.25) is 21.8 Å². The van der Waals surface area contributed by atoms with Crippen LogP contribution in [0.1, 0.15) is 43.0 Å². The molecule has 39 heavy (non-hydrogen) atoms. The van der Waals surface area contributed by atoms with Gasteiger partial charge >= 0.3 is 0 Å². The van der Waals surface area contributed by atoms with Crippen LogP contribution in [0.15, 0.2) is 78.9 Å². The molecule has 0 unspecified atom stereocenters. The van der Waals surface area contributed by atoms with Gasteiger partial charge in [-0.3, -0.25) is 13.9 Å². The Labute approximate surface area is 232 Å². The largest absolute Gasteiger partial charge is 0.352 e. The molecule has 1 N–H and O–H groups in total. The summed E-state index contributed by atoms with van der Waals surface area (Å²) >= 11 is 0. The molecule has 0 heterocycles. The molecule has 8 heteroatoms. The van der Waals surface area contributed by atoms with Gasteiger partial charge in [-0.15, -0.1) is 0 Å². The second kappa shape index (κ2) is 13.4. The van der Waals surface area contributed by atoms with Crippen molar-refractivity contribution >= 4 is 27.5 Å². The van der Waals surface area contributed by atoms with E-state index in [-0.39, 0.29) is 18.5 Å². The first-order valence-electron chi connectivity index (χ1n) is 13.2. The number of amides is 2. The maximum atomic E-state index is 14.0. The molecule has 2 amide bonds. The molecule has 0 radical (unpaired) electrons. The Morgan fingerprint density at radius 1 is 0.872 bits per heavy atom. The van der Waals surface area contributed by atoms with Crippen LogP contribution in [-0.4, -0.2) is 50.0 Å². The van der Waals surface area contributed by atoms with E-state index in [1.807, 2.05) is 94.4 Å². The number of anilines is 1. The topological polar surface area (TPSA) is 86.8 Å². The number of hydrogen-bond acceptors (Lipinski definition) is 4. The highest BCUT2D eigenvalue weighted by atomic mass is 32.2. The van der Waals surface area contributed by atoms with Crippen LogP contribution in [0.3, 0.4) is 0 Å². The monoisotopic (exact) mass is 549 g/mol. The van der Waals surface area contributed by atoms with Gasteiger partial charge < -0.3 is 10.2 Å². The van der Waals surface area contributed by atoms with Crippen molar-refractivity contribution in [3.8, 4) is 0 Å². The van der Waals surface area contributed by atoms with Gasteiger partial charge in [-0.25, -0.2) is 8.42 Å². The molecule has 0 bridgehead atoms. The molecule has 3 aromatic carbocycles. The zero-order valence-corrected chi connectivity index (χ0v) is 24.2. The minimum Gasteiger partial charge on any atom is -0.352 e. The van der Waals surface area contributed by atoms with Crippen LogP contribution in [0.5, 0.6) is 0 Å². The summed E-state index contributed by atoms with van der Waals surface area (Å²) < 4.78 is 26.8. The van der Waals surface area contributed by atoms with Gasteiger partial charge in [0.25, 0.3) is 0 Å². The van der Waals surface area contributed by atoms with Gasteiger partial charge in [0.1, 0.15) is 12.6 Å². The molecule has 0 aliphatic rings. The summed E-state index contributed by atoms with van der Waals surface area (Å²) in [6, 6.07) is 23.5. The lowest BCUT2D eigenvalue weighted by Gasteiger charge is -2.34. The lowest BCUT2D eigenvalue weighted by atomic mass is 10.0. The van der Waals surface area contributed by atoms with Crippen molar-refractivity contribution in [2.24, 2.45) is 0 Å². The van der Waals surface area contributed by atoms with Crippen LogP contribution >= 0.6 is 0 Å². The van der Waals surface area contributed by atoms with Crippen molar-refractivity contribution in [1.82, 2.24) is 10.2 Å². The highest BCUT2D eigenvalue weighted by Gasteiger charge is 2.33. The van der Waals surface area contributed by atoms with Crippen molar-refractivity contribution in [2.45, 2.75) is 59.2 Å². The summed E-state index contributed by atoms with van der Waals surface area (Å²) in [5.74, 6) is -0.741. The van der Waals surface area contributed by atoms with E-state index in [9.17, 15) is 18.0 Å². The number of sulfonamides is 1. The van der Waals surface area contributed by atoms with Crippen molar-refractivity contribution in [2.75, 3.05) is 17.1 Å². The Kier molecular flexibility index (Phi) is 10.3. The first-order valence-corrected chi connectivity index (χ1v) is 15.1. The molecule has 7 nitrogen and oxygen atoms in total. The van der Waals surface area contributed by atoms with Gasteiger partial charge in [0.05, 0.1) is 11.9 Å². The molecule has 1 atom stereocenters. The van der Waals surface area contributed by atoms with E-state index in [4.69, 9.17) is 0 Å². The fourth-order valence-electron chi connectivity index (χ4n) is 4.45. The predicted octanol–water partition coefficient (Wildman–Crippen LogP) is 4.49. The highest BCUT2D eigenvalue weighted by molar-refractivity contribution is 7.92. The zero-order valence-electron chi connectivity index (χ0n) is 23.4. The first-order chi connectivity index (χ1) is 18.5. The third-order valence-electron chi connectivity index (χ3n) is 6.45. The molecule has 0 aromatic heterocycles. The molecule has 3 rings (SSSR count). The Hall–Kier alpha value is -3.65. The zero-order chi connectivity index (χ0) is 28.6. The van der Waals surface area contributed by atoms with E-state index in [2.05, 4.69) is 5.32 Å². The fraction of sp³-hybridized carbons (Fsp3) is 0.355. The van der Waals surface area contributed by atoms with Crippen LogP contribution in [-0.2, 0) is 39.0 Å². The maximum Gasteiger partial charge on any atom is 0.244 e. The van der Waals surface area contributed by atoms with Gasteiger partial charge in [0, 0.05) is 19.0 Å². The van der Waals surface area contributed by atoms with Crippen LogP contribution in [0.4, 0.5) is 5.69 Å². The minimum absolute atomic E-state index is 0.128. The lowest BCUT2D eigenvalue weighted by Crippen LogP contribution is -2.54. The predicted molar refractivity (Wildman–Crippen MR) is 157 cm³/mol. The first kappa shape index (κ1) is 29.9. The van der Waals surface area contributed by atoms with E-state index in [1.54, 1.807) is 12.1 Å². The molecule has 0 saturated heterocycles. The second-order valence-electron chi connectivity index (χ2n) is 10.2. The maximum absolute atomic E-state index is 14.0. The summed E-state index contributed by atoms with van der Waals surface area (Å²) in [5, 5.41) is 2.96. The Bertz CT molecular complexity index is 1360. The summed E-state index contributed by atoms with van der Waals surface area (Å²) in [7, 11) is -3.78. The summed E-state index contributed by atoms with van der Waals surface area (Å²) in [5.41, 5.74) is 4.26. The number of nitrogens with one attached hydrogen (secondary N) is 1. The molecular formula is C31H39N3O4S. The molecule has 0 saturated carbocycles. The number of carbonyl (C=O) groups is 2. The normalized spacial score (nSPS) is 12.2. The smallest absolute Gasteiger partial charge is 0.244 e. The van der Waals surface area contributed by atoms with E-state index < -0.39 is 28.5 Å². The standard InChI is InChI=1S/C31H39N3O4S/c1-6-25-15-17-28(18-16-25)34(39(5,37)38)22-30(35)33(21-27-14-10-11-24(4)19-27)29(31(36)32-23(2)3)20-26-12-8-7-9-13-26/h7-19,23,29H,6,20-22H2,1-5H3,(H,32,36)/t29-/m0/s1. The van der Waals surface area contributed by atoms with Gasteiger partial charge in [-0.1, -0.05) is 79.2 Å². The van der Waals surface area contributed by atoms with Crippen LogP contribution in [0.2, 0.25) is 0 Å². The average Bonchev–Trinajstić information content (AvgIpc) is 2.89. The lowest BCUT2D eigenvalue weighted by molar-refractivity contribution is -0.140. The van der Waals surface area contributed by atoms with E-state index in [1.165, 1.54) is 4.90 Å². The fourth-order valence-corrected chi connectivity index (χ4v) is 5.30. The average molecular weight is 550 g/mol. The third-order valence-corrected chi connectivity index (χ3v) is 7.59. The van der Waals surface area contributed by atoms with E-state index >= 15 is 0 Å². The summed E-state index contributed by atoms with van der Waals surface area (Å²) in [6.45, 7) is 7.47. The van der Waals surface area contributed by atoms with Crippen LogP contribution in [0, 0.1) is 6.92 Å². The quantitative estimate of drug-likeness (QED) is 0.361. The Morgan fingerprint density at radius 3 is 2.08 bits per heavy atom. The van der Waals surface area contributed by atoms with Crippen molar-refractivity contribution in [3.63, 3.8) is 0 Å². The molecule has 0 fully saturated rings. The Morgan fingerprint density at radius 2 is 1.51 bits per heavy atom. The summed E-state index contributed by atoms with van der Waals surface area (Å²) in [4.78, 5) is 29.1. The Balaban J connectivity index is 2.04. The molecule has 208 valence electrons. The van der Waals surface area contributed by atoms with Crippen LogP contribution in [0.25, 0.3) is 0 Å². The van der Waals surface area contributed by atoms with Gasteiger partial charge in [-0.2, -0.15) is 0 Å². The highest BCUT2D eigenvalue weighted by Crippen LogP contribution is 2.21. The number of nitrogens with zero attached hydrogens (tertiary/aromatic N) is 2. The second-order valence-corrected chi connectivity index (χ2v) is 12.1. The molecule has 0 aliphatic heterocycles. The molecular weight excluding hydrogens is 510 g/mol. The molecule has 0 spiro atoms. The van der Waals surface area contributed by atoms with Crippen molar-refractivity contribution < 1.29 is 18.0 Å². The number of carbonyl (C=O) groups excluding carboxylic acids is 2. The number of rotatable bonds is 12. The summed E-state index contributed by atoms with van der Waals surface area (Å²) in [6.07, 6.45) is 2.20.